The molecule has 2 aliphatic rings. The van der Waals surface area contributed by atoms with E-state index in [2.05, 4.69) is 9.97 Å². The zero-order valence-electron chi connectivity index (χ0n) is 19.0. The molecule has 2 aliphatic heterocycles. The van der Waals surface area contributed by atoms with Crippen LogP contribution >= 0.6 is 0 Å². The van der Waals surface area contributed by atoms with Gasteiger partial charge in [0.2, 0.25) is 11.6 Å². The predicted octanol–water partition coefficient (Wildman–Crippen LogP) is 3.83. The summed E-state index contributed by atoms with van der Waals surface area (Å²) in [6.07, 6.45) is 6.08. The number of rotatable bonds is 4. The number of halogens is 1. The number of nitrogens with zero attached hydrogens (tertiary/aromatic N) is 5. The van der Waals surface area contributed by atoms with Crippen molar-refractivity contribution >= 4 is 33.4 Å². The number of fused-ring (bicyclic) bond motifs is 1. The average molecular weight is 492 g/mol. The van der Waals surface area contributed by atoms with Crippen LogP contribution in [0.15, 0.2) is 53.3 Å². The lowest BCUT2D eigenvalue weighted by molar-refractivity contribution is -0.128. The van der Waals surface area contributed by atoms with Crippen LogP contribution in [0.4, 0.5) is 4.39 Å². The third-order valence-corrected chi connectivity index (χ3v) is 8.05. The van der Waals surface area contributed by atoms with Gasteiger partial charge < -0.3 is 9.32 Å². The van der Waals surface area contributed by atoms with E-state index >= 15 is 0 Å². The number of hydrogen-bond donors (Lipinski definition) is 0. The molecule has 8 nitrogen and oxygen atoms in total. The molecule has 0 aliphatic carbocycles. The van der Waals surface area contributed by atoms with E-state index in [4.69, 9.17) is 9.52 Å². The molecule has 0 radical (unpaired) electrons. The second-order valence-corrected chi connectivity index (χ2v) is 10.3. The molecule has 35 heavy (non-hydrogen) atoms. The topological polar surface area (TPSA) is 94.1 Å². The van der Waals surface area contributed by atoms with E-state index in [0.717, 1.165) is 22.1 Å². The van der Waals surface area contributed by atoms with E-state index in [0.29, 0.717) is 53.9 Å². The fourth-order valence-electron chi connectivity index (χ4n) is 4.51. The zero-order valence-corrected chi connectivity index (χ0v) is 19.8. The number of furan rings is 1. The summed E-state index contributed by atoms with van der Waals surface area (Å²) in [7, 11) is -0.821. The molecular weight excluding hydrogens is 469 g/mol. The lowest BCUT2D eigenvalue weighted by Crippen LogP contribution is -2.33. The van der Waals surface area contributed by atoms with E-state index in [1.807, 2.05) is 23.0 Å². The van der Waals surface area contributed by atoms with Crippen molar-refractivity contribution in [2.45, 2.75) is 19.4 Å². The van der Waals surface area contributed by atoms with Crippen LogP contribution in [0.3, 0.4) is 0 Å². The molecule has 6 rings (SSSR count). The second kappa shape index (κ2) is 8.53. The van der Waals surface area contributed by atoms with Crippen LogP contribution in [0, 0.1) is 5.82 Å². The predicted molar refractivity (Wildman–Crippen MR) is 130 cm³/mol. The Morgan fingerprint density at radius 2 is 1.97 bits per heavy atom. The monoisotopic (exact) mass is 491 g/mol. The number of aromatic nitrogens is 4. The van der Waals surface area contributed by atoms with E-state index < -0.39 is 10.8 Å². The molecule has 5 heterocycles. The van der Waals surface area contributed by atoms with Crippen molar-refractivity contribution < 1.29 is 17.8 Å². The average Bonchev–Trinajstić information content (AvgIpc) is 3.47. The first-order chi connectivity index (χ1) is 17.0. The Balaban J connectivity index is 1.44. The maximum absolute atomic E-state index is 13.6. The fraction of sp³-hybridized carbons (Fsp3) is 0.280. The third-order valence-electron chi connectivity index (χ3n) is 6.54. The van der Waals surface area contributed by atoms with Crippen molar-refractivity contribution in [3.05, 3.63) is 60.5 Å². The van der Waals surface area contributed by atoms with Crippen LogP contribution in [0.25, 0.3) is 39.2 Å². The van der Waals surface area contributed by atoms with E-state index in [9.17, 15) is 13.4 Å². The van der Waals surface area contributed by atoms with Crippen molar-refractivity contribution in [1.82, 2.24) is 24.6 Å². The van der Waals surface area contributed by atoms with Gasteiger partial charge in [-0.2, -0.15) is 5.10 Å². The summed E-state index contributed by atoms with van der Waals surface area (Å²) in [5.41, 5.74) is 4.35. The van der Waals surface area contributed by atoms with Crippen LogP contribution in [0.1, 0.15) is 25.1 Å². The first-order valence-electron chi connectivity index (χ1n) is 11.4. The van der Waals surface area contributed by atoms with Crippen LogP contribution < -0.4 is 0 Å². The molecule has 1 saturated heterocycles. The van der Waals surface area contributed by atoms with Gasteiger partial charge in [-0.15, -0.1) is 0 Å². The van der Waals surface area contributed by atoms with Gasteiger partial charge in [0.1, 0.15) is 23.6 Å². The van der Waals surface area contributed by atoms with Crippen molar-refractivity contribution in [3.63, 3.8) is 0 Å². The number of carbonyl (C=O) groups excluding carboxylic acids is 1. The van der Waals surface area contributed by atoms with Crippen molar-refractivity contribution in [2.75, 3.05) is 24.6 Å². The van der Waals surface area contributed by atoms with Gasteiger partial charge in [-0.25, -0.2) is 14.4 Å². The van der Waals surface area contributed by atoms with Crippen LogP contribution in [-0.4, -0.2) is 59.4 Å². The van der Waals surface area contributed by atoms with Crippen LogP contribution in [0.5, 0.6) is 0 Å². The minimum absolute atomic E-state index is 0.0534. The first kappa shape index (κ1) is 21.8. The van der Waals surface area contributed by atoms with Gasteiger partial charge in [0.05, 0.1) is 17.1 Å². The Hall–Kier alpha value is -3.66. The van der Waals surface area contributed by atoms with Crippen molar-refractivity contribution in [2.24, 2.45) is 0 Å². The molecule has 0 spiro atoms. The van der Waals surface area contributed by atoms with Gasteiger partial charge in [0.25, 0.3) is 0 Å². The van der Waals surface area contributed by atoms with Gasteiger partial charge in [-0.05, 0) is 42.3 Å². The molecule has 10 heteroatoms. The molecular formula is C25H22FN5O3S. The quantitative estimate of drug-likeness (QED) is 0.431. The highest BCUT2D eigenvalue weighted by Crippen LogP contribution is 2.37. The molecule has 0 bridgehead atoms. The fourth-order valence-corrected chi connectivity index (χ4v) is 5.58. The summed E-state index contributed by atoms with van der Waals surface area (Å²) < 4.78 is 33.2. The van der Waals surface area contributed by atoms with E-state index in [1.54, 1.807) is 24.0 Å². The maximum Gasteiger partial charge on any atom is 0.230 e. The molecule has 1 fully saturated rings. The van der Waals surface area contributed by atoms with Gasteiger partial charge in [0, 0.05) is 59.6 Å². The Kier molecular flexibility index (Phi) is 5.32. The summed E-state index contributed by atoms with van der Waals surface area (Å²) in [4.78, 5) is 22.3. The number of hydrogen-bond acceptors (Lipinski definition) is 6. The van der Waals surface area contributed by atoms with E-state index in [1.165, 1.54) is 18.5 Å². The highest BCUT2D eigenvalue weighted by Gasteiger charge is 2.30. The largest absolute Gasteiger partial charge is 0.438 e. The van der Waals surface area contributed by atoms with Gasteiger partial charge in [0.15, 0.2) is 0 Å². The zero-order chi connectivity index (χ0) is 24.1. The summed E-state index contributed by atoms with van der Waals surface area (Å²) >= 11 is 0. The summed E-state index contributed by atoms with van der Waals surface area (Å²) in [5.74, 6) is 1.56. The molecule has 1 amide bonds. The van der Waals surface area contributed by atoms with Crippen molar-refractivity contribution in [1.29, 1.82) is 0 Å². The lowest BCUT2D eigenvalue weighted by atomic mass is 10.0. The van der Waals surface area contributed by atoms with Crippen LogP contribution in [-0.2, 0) is 15.6 Å². The van der Waals surface area contributed by atoms with Gasteiger partial charge in [-0.1, -0.05) is 6.08 Å². The molecule has 0 N–H and O–H groups in total. The SMILES string of the molecule is CC(=O)N1CC=C(c2cc3c(-c4cn(C5CS(=O)C5)nc4-c4ccc(F)cc4)ncnc3o2)CC1. The molecule has 3 aromatic heterocycles. The van der Waals surface area contributed by atoms with Crippen molar-refractivity contribution in [3.8, 4) is 22.5 Å². The summed E-state index contributed by atoms with van der Waals surface area (Å²) in [6.45, 7) is 2.76. The molecule has 4 aromatic rings. The minimum atomic E-state index is -0.821. The number of carbonyl (C=O) groups is 1. The lowest BCUT2D eigenvalue weighted by Gasteiger charge is -2.24. The standard InChI is InChI=1S/C25H22FN5O3S/c1-15(32)30-8-6-16(7-9-30)22-10-20-24(27-14-28-25(20)34-22)21-11-31(19-12-35(33)13-19)29-23(21)17-2-4-18(26)5-3-17/h2-6,10-11,14,19H,7-9,12-13H2,1H3. The first-order valence-corrected chi connectivity index (χ1v) is 12.8. The molecule has 1 aromatic carbocycles. The Morgan fingerprint density at radius 1 is 1.17 bits per heavy atom. The van der Waals surface area contributed by atoms with Gasteiger partial charge in [-0.3, -0.25) is 13.7 Å². The van der Waals surface area contributed by atoms with Gasteiger partial charge >= 0.3 is 0 Å². The highest BCUT2D eigenvalue weighted by molar-refractivity contribution is 7.86. The second-order valence-electron chi connectivity index (χ2n) is 8.80. The Morgan fingerprint density at radius 3 is 2.66 bits per heavy atom. The van der Waals surface area contributed by atoms with E-state index in [-0.39, 0.29) is 17.8 Å². The molecule has 178 valence electrons. The Bertz CT molecular complexity index is 1500. The molecule has 0 atom stereocenters. The Labute approximate surface area is 202 Å². The number of benzene rings is 1. The summed E-state index contributed by atoms with van der Waals surface area (Å²) in [5, 5.41) is 5.54. The normalized spacial score (nSPS) is 20.1. The number of amides is 1. The summed E-state index contributed by atoms with van der Waals surface area (Å²) in [6, 6.07) is 8.18. The third kappa shape index (κ3) is 3.97. The van der Waals surface area contributed by atoms with Crippen LogP contribution in [0.2, 0.25) is 0 Å². The molecule has 0 saturated carbocycles. The minimum Gasteiger partial charge on any atom is -0.438 e. The highest BCUT2D eigenvalue weighted by atomic mass is 32.2. The maximum atomic E-state index is 13.6. The molecule has 0 unspecified atom stereocenters. The smallest absolute Gasteiger partial charge is 0.230 e.